The van der Waals surface area contributed by atoms with Crippen molar-refractivity contribution in [2.75, 3.05) is 6.54 Å². The molecule has 1 aromatic carbocycles. The maximum atomic E-state index is 11.8. The molecule has 1 rings (SSSR count). The van der Waals surface area contributed by atoms with Gasteiger partial charge < -0.3 is 15.4 Å². The van der Waals surface area contributed by atoms with Crippen LogP contribution in [0.25, 0.3) is 0 Å². The van der Waals surface area contributed by atoms with Gasteiger partial charge in [-0.05, 0) is 46.8 Å². The predicted octanol–water partition coefficient (Wildman–Crippen LogP) is 4.39. The van der Waals surface area contributed by atoms with Gasteiger partial charge in [0.1, 0.15) is 5.60 Å². The minimum Gasteiger partial charge on any atom is -0.444 e. The summed E-state index contributed by atoms with van der Waals surface area (Å²) < 4.78 is 5.26. The fourth-order valence-electron chi connectivity index (χ4n) is 1.83. The van der Waals surface area contributed by atoms with Gasteiger partial charge >= 0.3 is 6.09 Å². The highest BCUT2D eigenvalue weighted by Gasteiger charge is 2.24. The van der Waals surface area contributed by atoms with Crippen molar-refractivity contribution in [1.29, 1.82) is 0 Å². The lowest BCUT2D eigenvalue weighted by Crippen LogP contribution is -2.51. The minimum absolute atomic E-state index is 0.435. The molecule has 6 heteroatoms. The number of nitrogens with one attached hydrogen (secondary N) is 2. The van der Waals surface area contributed by atoms with Crippen molar-refractivity contribution in [1.82, 2.24) is 10.6 Å². The van der Waals surface area contributed by atoms with E-state index in [-0.39, 0.29) is 0 Å². The summed E-state index contributed by atoms with van der Waals surface area (Å²) in [6.45, 7) is 10.4. The minimum atomic E-state index is -0.515. The number of carbonyl (C=O) groups is 1. The van der Waals surface area contributed by atoms with Crippen molar-refractivity contribution >= 4 is 29.3 Å². The number of hydrogen-bond acceptors (Lipinski definition) is 3. The van der Waals surface area contributed by atoms with Gasteiger partial charge in [-0.25, -0.2) is 4.79 Å². The zero-order valence-corrected chi connectivity index (χ0v) is 15.2. The first-order chi connectivity index (χ1) is 10.0. The Hall–Kier alpha value is -0.970. The highest BCUT2D eigenvalue weighted by molar-refractivity contribution is 6.35. The van der Waals surface area contributed by atoms with Crippen LogP contribution in [0.2, 0.25) is 10.0 Å². The van der Waals surface area contributed by atoms with Crippen molar-refractivity contribution in [3.8, 4) is 0 Å². The molecule has 0 bridgehead atoms. The molecule has 0 spiro atoms. The summed E-state index contributed by atoms with van der Waals surface area (Å²) in [5.41, 5.74) is -0.131. The van der Waals surface area contributed by atoms with Gasteiger partial charge in [0.2, 0.25) is 0 Å². The van der Waals surface area contributed by atoms with E-state index < -0.39 is 17.2 Å². The van der Waals surface area contributed by atoms with Gasteiger partial charge in [-0.1, -0.05) is 29.3 Å². The molecule has 0 saturated heterocycles. The Labute approximate surface area is 142 Å². The van der Waals surface area contributed by atoms with Crippen LogP contribution < -0.4 is 10.6 Å². The quantitative estimate of drug-likeness (QED) is 0.831. The fourth-order valence-corrected chi connectivity index (χ4v) is 2.36. The summed E-state index contributed by atoms with van der Waals surface area (Å²) in [5.74, 6) is 0. The van der Waals surface area contributed by atoms with Gasteiger partial charge in [-0.3, -0.25) is 0 Å². The van der Waals surface area contributed by atoms with Gasteiger partial charge in [0.05, 0.1) is 5.54 Å². The molecule has 124 valence electrons. The van der Waals surface area contributed by atoms with Crippen molar-refractivity contribution in [3.63, 3.8) is 0 Å². The highest BCUT2D eigenvalue weighted by atomic mass is 35.5. The van der Waals surface area contributed by atoms with E-state index in [1.165, 1.54) is 0 Å². The van der Waals surface area contributed by atoms with Gasteiger partial charge in [-0.2, -0.15) is 0 Å². The first kappa shape index (κ1) is 19.1. The molecule has 1 amide bonds. The number of hydrogen-bond donors (Lipinski definition) is 2. The van der Waals surface area contributed by atoms with Gasteiger partial charge in [0.25, 0.3) is 0 Å². The van der Waals surface area contributed by atoms with E-state index in [2.05, 4.69) is 10.6 Å². The molecule has 1 aromatic rings. The Kier molecular flexibility index (Phi) is 6.53. The van der Waals surface area contributed by atoms with E-state index in [1.807, 2.05) is 40.7 Å². The summed E-state index contributed by atoms with van der Waals surface area (Å²) in [7, 11) is 0. The smallest absolute Gasteiger partial charge is 0.408 e. The molecule has 0 fully saturated rings. The third-order valence-electron chi connectivity index (χ3n) is 2.77. The normalized spacial score (nSPS) is 12.1. The van der Waals surface area contributed by atoms with Gasteiger partial charge in [0.15, 0.2) is 0 Å². The molecule has 22 heavy (non-hydrogen) atoms. The average Bonchev–Trinajstić information content (AvgIpc) is 2.29. The summed E-state index contributed by atoms with van der Waals surface area (Å²) in [6, 6.07) is 5.41. The first-order valence-electron chi connectivity index (χ1n) is 7.15. The summed E-state index contributed by atoms with van der Waals surface area (Å²) >= 11 is 12.2. The highest BCUT2D eigenvalue weighted by Crippen LogP contribution is 2.23. The number of halogens is 2. The molecule has 0 aromatic heterocycles. The summed E-state index contributed by atoms with van der Waals surface area (Å²) in [4.78, 5) is 11.8. The number of amides is 1. The van der Waals surface area contributed by atoms with Crippen LogP contribution >= 0.6 is 23.2 Å². The van der Waals surface area contributed by atoms with Crippen molar-refractivity contribution in [2.45, 2.75) is 52.3 Å². The molecule has 0 aliphatic carbocycles. The van der Waals surface area contributed by atoms with E-state index in [9.17, 15) is 4.79 Å². The second-order valence-corrected chi connectivity index (χ2v) is 7.63. The second-order valence-electron chi connectivity index (χ2n) is 6.81. The fraction of sp³-hybridized carbons (Fsp3) is 0.562. The van der Waals surface area contributed by atoms with E-state index in [4.69, 9.17) is 27.9 Å². The van der Waals surface area contributed by atoms with Gasteiger partial charge in [-0.15, -0.1) is 0 Å². The molecular formula is C16H24Cl2N2O2. The zero-order valence-electron chi connectivity index (χ0n) is 13.7. The number of alkyl carbamates (subject to hydrolysis) is 1. The first-order valence-corrected chi connectivity index (χ1v) is 7.90. The van der Waals surface area contributed by atoms with E-state index in [1.54, 1.807) is 12.1 Å². The maximum Gasteiger partial charge on any atom is 0.408 e. The Morgan fingerprint density at radius 1 is 1.14 bits per heavy atom. The van der Waals surface area contributed by atoms with Crippen molar-refractivity contribution in [2.24, 2.45) is 0 Å². The third-order valence-corrected chi connectivity index (χ3v) is 3.48. The van der Waals surface area contributed by atoms with Crippen LogP contribution in [0.5, 0.6) is 0 Å². The Bertz CT molecular complexity index is 505. The molecule has 0 heterocycles. The molecule has 0 radical (unpaired) electrons. The van der Waals surface area contributed by atoms with Crippen LogP contribution in [-0.4, -0.2) is 23.8 Å². The number of rotatable bonds is 5. The zero-order chi connectivity index (χ0) is 17.0. The topological polar surface area (TPSA) is 50.4 Å². The summed E-state index contributed by atoms with van der Waals surface area (Å²) in [6.07, 6.45) is -0.435. The molecule has 0 aliphatic heterocycles. The number of benzene rings is 1. The molecule has 0 atom stereocenters. The second kappa shape index (κ2) is 7.53. The lowest BCUT2D eigenvalue weighted by atomic mass is 10.1. The van der Waals surface area contributed by atoms with Crippen molar-refractivity contribution < 1.29 is 9.53 Å². The van der Waals surface area contributed by atoms with Crippen LogP contribution in [0.3, 0.4) is 0 Å². The average molecular weight is 347 g/mol. The Morgan fingerprint density at radius 2 is 1.68 bits per heavy atom. The van der Waals surface area contributed by atoms with E-state index in [0.717, 1.165) is 5.56 Å². The van der Waals surface area contributed by atoms with Crippen LogP contribution in [-0.2, 0) is 11.3 Å². The molecule has 0 unspecified atom stereocenters. The Morgan fingerprint density at radius 3 is 2.18 bits per heavy atom. The van der Waals surface area contributed by atoms with Crippen LogP contribution in [0.15, 0.2) is 18.2 Å². The van der Waals surface area contributed by atoms with Crippen LogP contribution in [0.1, 0.15) is 40.2 Å². The third kappa shape index (κ3) is 6.86. The molecule has 2 N–H and O–H groups in total. The summed E-state index contributed by atoms with van der Waals surface area (Å²) in [5, 5.41) is 7.34. The SMILES string of the molecule is CC(C)(CNCc1c(Cl)cccc1Cl)NC(=O)OC(C)(C)C. The monoisotopic (exact) mass is 346 g/mol. The molecular weight excluding hydrogens is 323 g/mol. The molecule has 0 saturated carbocycles. The standard InChI is InChI=1S/C16H24Cl2N2O2/c1-15(2,3)22-14(21)20-16(4,5)10-19-9-11-12(17)7-6-8-13(11)18/h6-8,19H,9-10H2,1-5H3,(H,20,21). The molecule has 0 aliphatic rings. The molecule has 4 nitrogen and oxygen atoms in total. The largest absolute Gasteiger partial charge is 0.444 e. The van der Waals surface area contributed by atoms with Gasteiger partial charge in [0, 0.05) is 28.7 Å². The maximum absolute atomic E-state index is 11.8. The number of carbonyl (C=O) groups excluding carboxylic acids is 1. The van der Waals surface area contributed by atoms with Crippen LogP contribution in [0, 0.1) is 0 Å². The Balaban J connectivity index is 2.51. The van der Waals surface area contributed by atoms with Crippen molar-refractivity contribution in [3.05, 3.63) is 33.8 Å². The number of ether oxygens (including phenoxy) is 1. The lowest BCUT2D eigenvalue weighted by Gasteiger charge is -2.29. The lowest BCUT2D eigenvalue weighted by molar-refractivity contribution is 0.0472. The van der Waals surface area contributed by atoms with E-state index in [0.29, 0.717) is 23.1 Å². The van der Waals surface area contributed by atoms with E-state index >= 15 is 0 Å². The predicted molar refractivity (Wildman–Crippen MR) is 91.6 cm³/mol. The van der Waals surface area contributed by atoms with Crippen LogP contribution in [0.4, 0.5) is 4.79 Å².